The van der Waals surface area contributed by atoms with Crippen LogP contribution in [0.3, 0.4) is 0 Å². The maximum atomic E-state index is 13.3. The fourth-order valence-electron chi connectivity index (χ4n) is 0.969. The first-order valence-corrected chi connectivity index (χ1v) is 3.71. The Morgan fingerprint density at radius 2 is 2.12 bits per heavy atom. The number of nitro benzene ring substituents is 1. The second-order valence-corrected chi connectivity index (χ2v) is 2.51. The highest BCUT2D eigenvalue weighted by Crippen LogP contribution is 2.23. The summed E-state index contributed by atoms with van der Waals surface area (Å²) in [4.78, 5) is 22.1. The van der Waals surface area contributed by atoms with Crippen LogP contribution in [0.1, 0.15) is 10.4 Å². The number of nitro groups is 1. The molecule has 0 aliphatic rings. The van der Waals surface area contributed by atoms with Gasteiger partial charge in [-0.25, -0.2) is 4.39 Å². The molecule has 1 aromatic carbocycles. The highest BCUT2D eigenvalue weighted by atomic mass is 19.1. The van der Waals surface area contributed by atoms with E-state index in [1.54, 1.807) is 0 Å². The van der Waals surface area contributed by atoms with Gasteiger partial charge in [-0.2, -0.15) is 4.39 Å². The molecule has 1 aromatic rings. The fraction of sp³-hybridized carbons (Fsp3) is 0. The zero-order valence-electron chi connectivity index (χ0n) is 7.42. The summed E-state index contributed by atoms with van der Waals surface area (Å²) >= 11 is 0. The Morgan fingerprint density at radius 3 is 2.62 bits per heavy atom. The van der Waals surface area contributed by atoms with Gasteiger partial charge >= 0.3 is 5.69 Å². The van der Waals surface area contributed by atoms with Crippen LogP contribution in [-0.2, 0) is 0 Å². The molecule has 82 valence electrons. The van der Waals surface area contributed by atoms with Crippen molar-refractivity contribution in [1.82, 2.24) is 0 Å². The van der Waals surface area contributed by atoms with E-state index in [2.05, 4.69) is 5.11 Å². The van der Waals surface area contributed by atoms with Crippen molar-refractivity contribution in [1.29, 1.82) is 0 Å². The van der Waals surface area contributed by atoms with Crippen LogP contribution >= 0.6 is 0 Å². The third kappa shape index (κ3) is 1.93. The van der Waals surface area contributed by atoms with E-state index < -0.39 is 33.7 Å². The Morgan fingerprint density at radius 1 is 1.50 bits per heavy atom. The summed E-state index contributed by atoms with van der Waals surface area (Å²) in [6, 6.07) is 1.11. The molecule has 0 saturated carbocycles. The number of amides is 1. The monoisotopic (exact) mass is 228 g/mol. The summed E-state index contributed by atoms with van der Waals surface area (Å²) < 4.78 is 26.3. The molecular weight excluding hydrogens is 226 g/mol. The van der Waals surface area contributed by atoms with Crippen LogP contribution in [-0.4, -0.2) is 10.8 Å². The van der Waals surface area contributed by atoms with E-state index in [1.807, 2.05) is 4.91 Å². The molecule has 9 heteroatoms. The van der Waals surface area contributed by atoms with Crippen LogP contribution in [0.25, 0.3) is 10.4 Å². The lowest BCUT2D eigenvalue weighted by Gasteiger charge is -2.00. The average Bonchev–Trinajstić information content (AvgIpc) is 2.17. The Balaban J connectivity index is 3.49. The summed E-state index contributed by atoms with van der Waals surface area (Å²) in [7, 11) is 0. The molecule has 0 unspecified atom stereocenters. The van der Waals surface area contributed by atoms with Gasteiger partial charge in [-0.3, -0.25) is 14.9 Å². The lowest BCUT2D eigenvalue weighted by molar-refractivity contribution is -0.387. The predicted molar refractivity (Wildman–Crippen MR) is 46.5 cm³/mol. The van der Waals surface area contributed by atoms with Crippen molar-refractivity contribution in [2.45, 2.75) is 0 Å². The van der Waals surface area contributed by atoms with E-state index in [-0.39, 0.29) is 0 Å². The average molecular weight is 228 g/mol. The molecule has 0 saturated heterocycles. The van der Waals surface area contributed by atoms with Crippen LogP contribution in [0.4, 0.5) is 14.5 Å². The van der Waals surface area contributed by atoms with Crippen LogP contribution in [0, 0.1) is 21.7 Å². The Bertz CT molecular complexity index is 525. The Kier molecular flexibility index (Phi) is 3.12. The van der Waals surface area contributed by atoms with Gasteiger partial charge < -0.3 is 0 Å². The number of halogens is 2. The summed E-state index contributed by atoms with van der Waals surface area (Å²) in [5.41, 5.74) is 5.60. The minimum atomic E-state index is -1.66. The number of azide groups is 1. The van der Waals surface area contributed by atoms with Crippen LogP contribution in [0.2, 0.25) is 0 Å². The quantitative estimate of drug-likeness (QED) is 0.254. The number of benzene rings is 1. The number of rotatable bonds is 2. The van der Waals surface area contributed by atoms with Crippen molar-refractivity contribution in [2.24, 2.45) is 5.11 Å². The summed E-state index contributed by atoms with van der Waals surface area (Å²) in [6.45, 7) is 0. The van der Waals surface area contributed by atoms with Crippen LogP contribution in [0.5, 0.6) is 0 Å². The summed E-state index contributed by atoms with van der Waals surface area (Å²) in [5, 5.41) is 12.8. The molecular formula is C7H2F2N4O3. The van der Waals surface area contributed by atoms with Crippen LogP contribution < -0.4 is 0 Å². The molecule has 16 heavy (non-hydrogen) atoms. The van der Waals surface area contributed by atoms with Gasteiger partial charge in [-0.15, -0.1) is 0 Å². The van der Waals surface area contributed by atoms with Gasteiger partial charge in [0.1, 0.15) is 11.4 Å². The van der Waals surface area contributed by atoms with Crippen molar-refractivity contribution in [3.05, 3.63) is 49.9 Å². The maximum Gasteiger partial charge on any atom is 0.305 e. The molecule has 0 atom stereocenters. The molecule has 0 radical (unpaired) electrons. The molecule has 0 heterocycles. The lowest BCUT2D eigenvalue weighted by Crippen LogP contribution is -2.05. The third-order valence-electron chi connectivity index (χ3n) is 1.62. The van der Waals surface area contributed by atoms with E-state index in [1.165, 1.54) is 0 Å². The number of hydrogen-bond acceptors (Lipinski definition) is 3. The first-order valence-electron chi connectivity index (χ1n) is 3.71. The topological polar surface area (TPSA) is 109 Å². The summed E-state index contributed by atoms with van der Waals surface area (Å²) in [5.74, 6) is -4.55. The highest BCUT2D eigenvalue weighted by molar-refractivity contribution is 5.96. The molecule has 0 fully saturated rings. The normalized spacial score (nSPS) is 9.38. The molecule has 0 aromatic heterocycles. The molecule has 0 N–H and O–H groups in total. The standard InChI is InChI=1S/C7H2F2N4O3/c8-3-1-2-4(13(15)16)6(9)5(3)7(14)11-12-10/h1-2H. The van der Waals surface area contributed by atoms with Gasteiger partial charge in [-0.05, 0) is 16.7 Å². The molecule has 0 aliphatic heterocycles. The summed E-state index contributed by atoms with van der Waals surface area (Å²) in [6.07, 6.45) is 0. The largest absolute Gasteiger partial charge is 0.305 e. The van der Waals surface area contributed by atoms with E-state index in [0.717, 1.165) is 0 Å². The van der Waals surface area contributed by atoms with Gasteiger partial charge in [0.15, 0.2) is 0 Å². The van der Waals surface area contributed by atoms with Gasteiger partial charge in [0, 0.05) is 11.0 Å². The van der Waals surface area contributed by atoms with Crippen molar-refractivity contribution >= 4 is 11.6 Å². The number of hydrogen-bond donors (Lipinski definition) is 0. The zero-order valence-corrected chi connectivity index (χ0v) is 7.42. The molecule has 0 aliphatic carbocycles. The van der Waals surface area contributed by atoms with Crippen molar-refractivity contribution in [3.63, 3.8) is 0 Å². The van der Waals surface area contributed by atoms with Crippen molar-refractivity contribution < 1.29 is 18.5 Å². The molecule has 1 rings (SSSR count). The minimum Gasteiger partial charge on any atom is -0.287 e. The van der Waals surface area contributed by atoms with E-state index >= 15 is 0 Å². The highest BCUT2D eigenvalue weighted by Gasteiger charge is 2.25. The molecule has 0 bridgehead atoms. The maximum absolute atomic E-state index is 13.3. The van der Waals surface area contributed by atoms with Crippen molar-refractivity contribution in [2.75, 3.05) is 0 Å². The van der Waals surface area contributed by atoms with Crippen molar-refractivity contribution in [3.8, 4) is 0 Å². The molecule has 7 nitrogen and oxygen atoms in total. The van der Waals surface area contributed by atoms with Crippen LogP contribution in [0.15, 0.2) is 17.2 Å². The first-order chi connectivity index (χ1) is 7.49. The van der Waals surface area contributed by atoms with E-state index in [9.17, 15) is 23.7 Å². The van der Waals surface area contributed by atoms with Gasteiger partial charge in [0.25, 0.3) is 5.91 Å². The molecule has 1 amide bonds. The van der Waals surface area contributed by atoms with Gasteiger partial charge in [0.05, 0.1) is 4.92 Å². The zero-order chi connectivity index (χ0) is 12.3. The third-order valence-corrected chi connectivity index (χ3v) is 1.62. The minimum absolute atomic E-state index is 0.543. The predicted octanol–water partition coefficient (Wildman–Crippen LogP) is 2.32. The van der Waals surface area contributed by atoms with E-state index in [0.29, 0.717) is 12.1 Å². The number of carbonyl (C=O) groups excluding carboxylic acids is 1. The Hall–Kier alpha value is -2.54. The second kappa shape index (κ2) is 4.32. The van der Waals surface area contributed by atoms with E-state index in [4.69, 9.17) is 5.53 Å². The first kappa shape index (κ1) is 11.5. The Labute approximate surface area is 86.1 Å². The molecule has 0 spiro atoms. The van der Waals surface area contributed by atoms with Gasteiger partial charge in [-0.1, -0.05) is 0 Å². The fourth-order valence-corrected chi connectivity index (χ4v) is 0.969. The SMILES string of the molecule is [N-]=[N+]=NC(=O)c1c(F)ccc([N+](=O)[O-])c1F. The van der Waals surface area contributed by atoms with Gasteiger partial charge in [0.2, 0.25) is 5.82 Å². The lowest BCUT2D eigenvalue weighted by atomic mass is 10.1. The number of carbonyl (C=O) groups is 1. The number of nitrogens with zero attached hydrogens (tertiary/aromatic N) is 4. The second-order valence-electron chi connectivity index (χ2n) is 2.51. The smallest absolute Gasteiger partial charge is 0.287 e.